The van der Waals surface area contributed by atoms with Crippen molar-refractivity contribution in [2.24, 2.45) is 5.92 Å². The molecular weight excluding hydrogens is 242 g/mol. The lowest BCUT2D eigenvalue weighted by molar-refractivity contribution is -0.147. The van der Waals surface area contributed by atoms with Gasteiger partial charge in [-0.2, -0.15) is 0 Å². The van der Waals surface area contributed by atoms with Crippen molar-refractivity contribution in [1.82, 2.24) is 4.90 Å². The fourth-order valence-corrected chi connectivity index (χ4v) is 5.54. The SMILES string of the molecule is CC1=C(C)[C@@H]2N(C)C(=O)[C@]2(C[C@@H]2C=CCCC2)S1. The third-order valence-corrected chi connectivity index (χ3v) is 6.29. The van der Waals surface area contributed by atoms with Crippen LogP contribution in [0.25, 0.3) is 0 Å². The molecule has 0 saturated carbocycles. The van der Waals surface area contributed by atoms with E-state index in [9.17, 15) is 4.79 Å². The average molecular weight is 263 g/mol. The van der Waals surface area contributed by atoms with Crippen molar-refractivity contribution in [3.05, 3.63) is 22.6 Å². The van der Waals surface area contributed by atoms with Gasteiger partial charge in [-0.25, -0.2) is 0 Å². The molecule has 0 unspecified atom stereocenters. The van der Waals surface area contributed by atoms with Gasteiger partial charge in [-0.05, 0) is 55.9 Å². The zero-order chi connectivity index (χ0) is 12.9. The number of likely N-dealkylation sites (tertiary alicyclic amines) is 1. The molecule has 0 aromatic heterocycles. The Kier molecular flexibility index (Phi) is 2.85. The van der Waals surface area contributed by atoms with E-state index in [-0.39, 0.29) is 4.75 Å². The minimum atomic E-state index is -0.157. The summed E-state index contributed by atoms with van der Waals surface area (Å²) in [6.45, 7) is 4.35. The monoisotopic (exact) mass is 263 g/mol. The lowest BCUT2D eigenvalue weighted by Crippen LogP contribution is -2.69. The maximum atomic E-state index is 12.4. The zero-order valence-electron chi connectivity index (χ0n) is 11.4. The number of hydrogen-bond acceptors (Lipinski definition) is 2. The van der Waals surface area contributed by atoms with E-state index in [4.69, 9.17) is 0 Å². The summed E-state index contributed by atoms with van der Waals surface area (Å²) < 4.78 is -0.157. The number of allylic oxidation sites excluding steroid dienone is 3. The molecular formula is C15H21NOS. The van der Waals surface area contributed by atoms with Crippen molar-refractivity contribution >= 4 is 17.7 Å². The Bertz CT molecular complexity index is 453. The van der Waals surface area contributed by atoms with Crippen LogP contribution in [0.15, 0.2) is 22.6 Å². The van der Waals surface area contributed by atoms with E-state index in [1.165, 1.54) is 29.7 Å². The fourth-order valence-electron chi connectivity index (χ4n) is 3.75. The first kappa shape index (κ1) is 12.3. The van der Waals surface area contributed by atoms with Crippen LogP contribution in [-0.4, -0.2) is 28.6 Å². The summed E-state index contributed by atoms with van der Waals surface area (Å²) in [5, 5.41) is 0. The molecule has 0 N–H and O–H groups in total. The Labute approximate surface area is 113 Å². The highest BCUT2D eigenvalue weighted by atomic mass is 32.2. The van der Waals surface area contributed by atoms with Crippen molar-refractivity contribution in [3.8, 4) is 0 Å². The largest absolute Gasteiger partial charge is 0.336 e. The predicted molar refractivity (Wildman–Crippen MR) is 76.4 cm³/mol. The van der Waals surface area contributed by atoms with Gasteiger partial charge in [0.05, 0.1) is 6.04 Å². The zero-order valence-corrected chi connectivity index (χ0v) is 12.2. The summed E-state index contributed by atoms with van der Waals surface area (Å²) in [6, 6.07) is 0.352. The van der Waals surface area contributed by atoms with Crippen LogP contribution in [0, 0.1) is 5.92 Å². The number of fused-ring (bicyclic) bond motifs is 1. The van der Waals surface area contributed by atoms with Crippen LogP contribution >= 0.6 is 11.8 Å². The number of nitrogens with zero attached hydrogens (tertiary/aromatic N) is 1. The molecule has 0 spiro atoms. The van der Waals surface area contributed by atoms with Gasteiger partial charge in [-0.15, -0.1) is 11.8 Å². The average Bonchev–Trinajstić information content (AvgIpc) is 2.60. The maximum Gasteiger partial charge on any atom is 0.241 e. The molecule has 1 aliphatic carbocycles. The number of β-lactam (4-membered cyclic amide) rings is 1. The van der Waals surface area contributed by atoms with Crippen LogP contribution < -0.4 is 0 Å². The van der Waals surface area contributed by atoms with Gasteiger partial charge in [0, 0.05) is 7.05 Å². The van der Waals surface area contributed by atoms with E-state index in [0.29, 0.717) is 17.9 Å². The lowest BCUT2D eigenvalue weighted by atomic mass is 9.75. The second kappa shape index (κ2) is 4.16. The Hall–Kier alpha value is -0.700. The van der Waals surface area contributed by atoms with Gasteiger partial charge in [-0.1, -0.05) is 12.2 Å². The topological polar surface area (TPSA) is 20.3 Å². The number of hydrogen-bond donors (Lipinski definition) is 0. The van der Waals surface area contributed by atoms with Gasteiger partial charge < -0.3 is 4.90 Å². The fraction of sp³-hybridized carbons (Fsp3) is 0.667. The molecule has 3 heteroatoms. The van der Waals surface area contributed by atoms with E-state index in [1.807, 2.05) is 23.7 Å². The second-order valence-corrected chi connectivity index (χ2v) is 7.42. The number of carbonyl (C=O) groups excluding carboxylic acids is 1. The summed E-state index contributed by atoms with van der Waals surface area (Å²) in [5.41, 5.74) is 1.40. The Balaban J connectivity index is 1.84. The van der Waals surface area contributed by atoms with Crippen molar-refractivity contribution in [2.75, 3.05) is 7.05 Å². The molecule has 0 radical (unpaired) electrons. The second-order valence-electron chi connectivity index (χ2n) is 5.87. The maximum absolute atomic E-state index is 12.4. The van der Waals surface area contributed by atoms with Gasteiger partial charge in [0.2, 0.25) is 5.91 Å². The van der Waals surface area contributed by atoms with Crippen LogP contribution in [0.1, 0.15) is 39.5 Å². The molecule has 1 saturated heterocycles. The van der Waals surface area contributed by atoms with E-state index < -0.39 is 0 Å². The van der Waals surface area contributed by atoms with Crippen molar-refractivity contribution in [1.29, 1.82) is 0 Å². The van der Waals surface area contributed by atoms with Crippen LogP contribution in [0.4, 0.5) is 0 Å². The Morgan fingerprint density at radius 1 is 1.50 bits per heavy atom. The first-order valence-corrected chi connectivity index (χ1v) is 7.68. The first-order chi connectivity index (χ1) is 8.56. The van der Waals surface area contributed by atoms with E-state index in [2.05, 4.69) is 26.0 Å². The van der Waals surface area contributed by atoms with E-state index in [1.54, 1.807) is 0 Å². The van der Waals surface area contributed by atoms with Gasteiger partial charge in [0.25, 0.3) is 0 Å². The minimum absolute atomic E-state index is 0.157. The van der Waals surface area contributed by atoms with Crippen molar-refractivity contribution < 1.29 is 4.79 Å². The van der Waals surface area contributed by atoms with Crippen LogP contribution in [-0.2, 0) is 4.79 Å². The Morgan fingerprint density at radius 3 is 2.94 bits per heavy atom. The smallest absolute Gasteiger partial charge is 0.241 e. The highest BCUT2D eigenvalue weighted by Gasteiger charge is 2.63. The van der Waals surface area contributed by atoms with Crippen molar-refractivity contribution in [2.45, 2.75) is 50.3 Å². The third kappa shape index (κ3) is 1.52. The number of thioether (sulfide) groups is 1. The molecule has 18 heavy (non-hydrogen) atoms. The molecule has 98 valence electrons. The van der Waals surface area contributed by atoms with Crippen molar-refractivity contribution in [3.63, 3.8) is 0 Å². The highest BCUT2D eigenvalue weighted by molar-refractivity contribution is 8.05. The van der Waals surface area contributed by atoms with E-state index >= 15 is 0 Å². The number of amides is 1. The molecule has 1 amide bonds. The first-order valence-electron chi connectivity index (χ1n) is 6.86. The summed E-state index contributed by atoms with van der Waals surface area (Å²) in [7, 11) is 1.95. The molecule has 3 atom stereocenters. The molecule has 0 aromatic carbocycles. The van der Waals surface area contributed by atoms with Gasteiger partial charge in [0.1, 0.15) is 4.75 Å². The molecule has 3 rings (SSSR count). The minimum Gasteiger partial charge on any atom is -0.336 e. The Morgan fingerprint density at radius 2 is 2.28 bits per heavy atom. The molecule has 1 fully saturated rings. The molecule has 0 bridgehead atoms. The summed E-state index contributed by atoms with van der Waals surface area (Å²) in [4.78, 5) is 15.7. The normalized spacial score (nSPS) is 39.1. The van der Waals surface area contributed by atoms with Crippen LogP contribution in [0.3, 0.4) is 0 Å². The standard InChI is InChI=1S/C15H21NOS/c1-10-11(2)18-15(13(10)16(3)14(15)17)9-12-7-5-4-6-8-12/h5,7,12-13H,4,6,8-9H2,1-3H3/t12-,13+,15-/m1/s1. The highest BCUT2D eigenvalue weighted by Crippen LogP contribution is 2.58. The number of rotatable bonds is 2. The summed E-state index contributed by atoms with van der Waals surface area (Å²) >= 11 is 1.83. The quantitative estimate of drug-likeness (QED) is 0.562. The van der Waals surface area contributed by atoms with Gasteiger partial charge in [0.15, 0.2) is 0 Å². The number of likely N-dealkylation sites (N-methyl/N-ethyl adjacent to an activating group) is 1. The molecule has 0 aromatic rings. The predicted octanol–water partition coefficient (Wildman–Crippen LogP) is 3.35. The van der Waals surface area contributed by atoms with E-state index in [0.717, 1.165) is 6.42 Å². The van der Waals surface area contributed by atoms with Gasteiger partial charge in [-0.3, -0.25) is 4.79 Å². The molecule has 3 aliphatic rings. The van der Waals surface area contributed by atoms with Crippen LogP contribution in [0.2, 0.25) is 0 Å². The van der Waals surface area contributed by atoms with Gasteiger partial charge >= 0.3 is 0 Å². The summed E-state index contributed by atoms with van der Waals surface area (Å²) in [6.07, 6.45) is 9.40. The molecule has 2 aliphatic heterocycles. The third-order valence-electron chi connectivity index (χ3n) is 4.73. The number of carbonyl (C=O) groups is 1. The molecule has 2 heterocycles. The lowest BCUT2D eigenvalue weighted by Gasteiger charge is -2.52. The molecule has 2 nitrogen and oxygen atoms in total. The summed E-state index contributed by atoms with van der Waals surface area (Å²) in [5.74, 6) is 0.942. The van der Waals surface area contributed by atoms with Crippen LogP contribution in [0.5, 0.6) is 0 Å².